The van der Waals surface area contributed by atoms with Crippen molar-refractivity contribution in [1.29, 1.82) is 0 Å². The minimum Gasteiger partial charge on any atom is -0.366 e. The summed E-state index contributed by atoms with van der Waals surface area (Å²) in [6.07, 6.45) is 2.88. The van der Waals surface area contributed by atoms with Crippen LogP contribution >= 0.6 is 0 Å². The van der Waals surface area contributed by atoms with E-state index in [-0.39, 0.29) is 17.5 Å². The molecule has 0 spiro atoms. The summed E-state index contributed by atoms with van der Waals surface area (Å²) in [5, 5.41) is 0. The van der Waals surface area contributed by atoms with Gasteiger partial charge in [-0.25, -0.2) is 4.39 Å². The molecule has 3 aliphatic rings. The lowest BCUT2D eigenvalue weighted by atomic mass is 9.96. The predicted octanol–water partition coefficient (Wildman–Crippen LogP) is 2.50. The van der Waals surface area contributed by atoms with Gasteiger partial charge in [-0.15, -0.1) is 0 Å². The van der Waals surface area contributed by atoms with Crippen molar-refractivity contribution in [2.24, 2.45) is 11.7 Å². The van der Waals surface area contributed by atoms with Gasteiger partial charge < -0.3 is 15.5 Å². The maximum Gasteiger partial charge on any atom is 0.249 e. The highest BCUT2D eigenvalue weighted by Gasteiger charge is 2.44. The number of rotatable bonds is 3. The molecule has 5 nitrogen and oxygen atoms in total. The average Bonchev–Trinajstić information content (AvgIpc) is 3.28. The number of allylic oxidation sites excluding steroid dienone is 2. The van der Waals surface area contributed by atoms with Crippen LogP contribution in [-0.4, -0.2) is 42.4 Å². The van der Waals surface area contributed by atoms with Crippen molar-refractivity contribution in [3.05, 3.63) is 46.8 Å². The first-order valence-corrected chi connectivity index (χ1v) is 9.33. The van der Waals surface area contributed by atoms with E-state index in [0.717, 1.165) is 35.2 Å². The lowest BCUT2D eigenvalue weighted by molar-refractivity contribution is -0.126. The van der Waals surface area contributed by atoms with Gasteiger partial charge in [0, 0.05) is 36.7 Å². The highest BCUT2D eigenvalue weighted by Crippen LogP contribution is 2.45. The molecule has 6 heteroatoms. The van der Waals surface area contributed by atoms with Crippen LogP contribution in [0.4, 0.5) is 10.1 Å². The standard InChI is InChI=1S/C21H24FN3O2/c1-4-18(26)25-6-5-13-9-24(10-17(13)25)20-16(22)8-15(21(23)27)14-7-11(2)12(3)19(14)20/h4,8,13,17H,1,5-7,9-10H2,2-3H3,(H2,23,27). The number of fused-ring (bicyclic) bond motifs is 2. The molecule has 0 bridgehead atoms. The van der Waals surface area contributed by atoms with E-state index in [2.05, 4.69) is 6.58 Å². The van der Waals surface area contributed by atoms with Crippen LogP contribution in [0.25, 0.3) is 5.57 Å². The van der Waals surface area contributed by atoms with Crippen molar-refractivity contribution in [2.45, 2.75) is 32.7 Å². The number of hydrogen-bond acceptors (Lipinski definition) is 3. The quantitative estimate of drug-likeness (QED) is 0.833. The molecule has 2 atom stereocenters. The third-order valence-electron chi connectivity index (χ3n) is 6.41. The fourth-order valence-electron chi connectivity index (χ4n) is 4.94. The molecule has 2 amide bonds. The number of benzene rings is 1. The van der Waals surface area contributed by atoms with Crippen LogP contribution in [0.15, 0.2) is 24.3 Å². The van der Waals surface area contributed by atoms with Crippen LogP contribution in [0.3, 0.4) is 0 Å². The molecule has 1 aliphatic carbocycles. The van der Waals surface area contributed by atoms with Crippen molar-refractivity contribution in [3.63, 3.8) is 0 Å². The van der Waals surface area contributed by atoms with Gasteiger partial charge in [-0.05, 0) is 50.0 Å². The lowest BCUT2D eigenvalue weighted by Gasteiger charge is -2.27. The molecule has 1 aromatic rings. The predicted molar refractivity (Wildman–Crippen MR) is 103 cm³/mol. The van der Waals surface area contributed by atoms with Crippen LogP contribution in [0, 0.1) is 11.7 Å². The summed E-state index contributed by atoms with van der Waals surface area (Å²) in [6.45, 7) is 9.59. The summed E-state index contributed by atoms with van der Waals surface area (Å²) >= 11 is 0. The molecule has 27 heavy (non-hydrogen) atoms. The molecule has 4 rings (SSSR count). The maximum absolute atomic E-state index is 15.1. The first-order chi connectivity index (χ1) is 12.8. The van der Waals surface area contributed by atoms with E-state index in [1.165, 1.54) is 12.1 Å². The second kappa shape index (κ2) is 6.22. The summed E-state index contributed by atoms with van der Waals surface area (Å²) in [7, 11) is 0. The molecule has 2 heterocycles. The third kappa shape index (κ3) is 2.58. The van der Waals surface area contributed by atoms with Crippen LogP contribution < -0.4 is 10.6 Å². The minimum absolute atomic E-state index is 0.0638. The summed E-state index contributed by atoms with van der Waals surface area (Å²) < 4.78 is 15.1. The van der Waals surface area contributed by atoms with E-state index in [4.69, 9.17) is 5.73 Å². The Morgan fingerprint density at radius 1 is 1.33 bits per heavy atom. The second-order valence-electron chi connectivity index (χ2n) is 7.81. The van der Waals surface area contributed by atoms with Gasteiger partial charge in [-0.3, -0.25) is 9.59 Å². The molecule has 0 radical (unpaired) electrons. The van der Waals surface area contributed by atoms with Crippen LogP contribution in [0.2, 0.25) is 0 Å². The third-order valence-corrected chi connectivity index (χ3v) is 6.41. The van der Waals surface area contributed by atoms with Crippen molar-refractivity contribution in [2.75, 3.05) is 24.5 Å². The Morgan fingerprint density at radius 3 is 2.74 bits per heavy atom. The number of carbonyl (C=O) groups is 2. The Morgan fingerprint density at radius 2 is 2.07 bits per heavy atom. The molecule has 2 aliphatic heterocycles. The van der Waals surface area contributed by atoms with Gasteiger partial charge in [0.2, 0.25) is 11.8 Å². The van der Waals surface area contributed by atoms with Gasteiger partial charge in [0.1, 0.15) is 5.82 Å². The zero-order valence-electron chi connectivity index (χ0n) is 15.7. The minimum atomic E-state index is -0.597. The van der Waals surface area contributed by atoms with E-state index in [9.17, 15) is 9.59 Å². The van der Waals surface area contributed by atoms with Gasteiger partial charge in [0.05, 0.1) is 11.7 Å². The number of primary amides is 1. The molecule has 2 saturated heterocycles. The second-order valence-corrected chi connectivity index (χ2v) is 7.81. The van der Waals surface area contributed by atoms with E-state index >= 15 is 4.39 Å². The Kier molecular flexibility index (Phi) is 4.09. The van der Waals surface area contributed by atoms with Crippen LogP contribution in [0.1, 0.15) is 41.8 Å². The average molecular weight is 369 g/mol. The largest absolute Gasteiger partial charge is 0.366 e. The summed E-state index contributed by atoms with van der Waals surface area (Å²) in [6, 6.07) is 1.36. The molecule has 2 unspecified atom stereocenters. The van der Waals surface area contributed by atoms with Gasteiger partial charge in [0.15, 0.2) is 0 Å². The van der Waals surface area contributed by atoms with Gasteiger partial charge >= 0.3 is 0 Å². The molecule has 0 aromatic heterocycles. The number of halogens is 1. The van der Waals surface area contributed by atoms with Crippen molar-refractivity contribution >= 4 is 23.1 Å². The number of nitrogens with two attached hydrogens (primary N) is 1. The van der Waals surface area contributed by atoms with Crippen LogP contribution in [0.5, 0.6) is 0 Å². The Labute approximate surface area is 158 Å². The van der Waals surface area contributed by atoms with Gasteiger partial charge in [-0.1, -0.05) is 12.2 Å². The zero-order valence-corrected chi connectivity index (χ0v) is 15.7. The summed E-state index contributed by atoms with van der Waals surface area (Å²) in [5.41, 5.74) is 10.1. The summed E-state index contributed by atoms with van der Waals surface area (Å²) in [5.74, 6) is -0.754. The van der Waals surface area contributed by atoms with Gasteiger partial charge in [-0.2, -0.15) is 0 Å². The number of anilines is 1. The van der Waals surface area contributed by atoms with E-state index in [0.29, 0.717) is 31.1 Å². The van der Waals surface area contributed by atoms with Crippen molar-refractivity contribution in [3.8, 4) is 0 Å². The van der Waals surface area contributed by atoms with E-state index < -0.39 is 11.7 Å². The molecule has 2 fully saturated rings. The fraction of sp³-hybridized carbons (Fsp3) is 0.429. The first kappa shape index (κ1) is 17.8. The Bertz CT molecular complexity index is 905. The molecular weight excluding hydrogens is 345 g/mol. The molecular formula is C21H24FN3O2. The molecule has 1 aromatic carbocycles. The fourth-order valence-corrected chi connectivity index (χ4v) is 4.94. The number of nitrogens with zero attached hydrogens (tertiary/aromatic N) is 2. The van der Waals surface area contributed by atoms with E-state index in [1.54, 1.807) is 0 Å². The van der Waals surface area contributed by atoms with Crippen molar-refractivity contribution < 1.29 is 14.0 Å². The SMILES string of the molecule is C=CC(=O)N1CCC2CN(c3c(F)cc(C(N)=O)c4c3C(C)=C(C)C4)CC21. The molecule has 0 saturated carbocycles. The van der Waals surface area contributed by atoms with E-state index in [1.807, 2.05) is 23.6 Å². The number of hydrogen-bond donors (Lipinski definition) is 1. The smallest absolute Gasteiger partial charge is 0.249 e. The zero-order chi connectivity index (χ0) is 19.5. The first-order valence-electron chi connectivity index (χ1n) is 9.33. The summed E-state index contributed by atoms with van der Waals surface area (Å²) in [4.78, 5) is 27.9. The number of carbonyl (C=O) groups excluding carboxylic acids is 2. The number of likely N-dealkylation sites (tertiary alicyclic amines) is 1. The highest BCUT2D eigenvalue weighted by molar-refractivity contribution is 5.99. The lowest BCUT2D eigenvalue weighted by Crippen LogP contribution is -2.39. The highest BCUT2D eigenvalue weighted by atomic mass is 19.1. The topological polar surface area (TPSA) is 66.6 Å². The Hall–Kier alpha value is -2.63. The van der Waals surface area contributed by atoms with Gasteiger partial charge in [0.25, 0.3) is 0 Å². The van der Waals surface area contributed by atoms with Crippen LogP contribution in [-0.2, 0) is 11.2 Å². The Balaban J connectivity index is 1.76. The normalized spacial score (nSPS) is 23.7. The monoisotopic (exact) mass is 369 g/mol. The number of amides is 2. The molecule has 2 N–H and O–H groups in total. The maximum atomic E-state index is 15.1. The van der Waals surface area contributed by atoms with Crippen molar-refractivity contribution in [1.82, 2.24) is 4.90 Å². The molecule has 142 valence electrons.